The number of ether oxygens (including phenoxy) is 1. The maximum atomic E-state index is 11.6. The van der Waals surface area contributed by atoms with Crippen molar-refractivity contribution in [3.05, 3.63) is 35.4 Å². The Hall–Kier alpha value is -1.88. The van der Waals surface area contributed by atoms with Crippen molar-refractivity contribution < 1.29 is 24.5 Å². The third-order valence-electron chi connectivity index (χ3n) is 2.15. The van der Waals surface area contributed by atoms with Crippen molar-refractivity contribution in [1.82, 2.24) is 0 Å². The summed E-state index contributed by atoms with van der Waals surface area (Å²) < 4.78 is 4.87. The Labute approximate surface area is 98.6 Å². The minimum Gasteiger partial charge on any atom is -0.478 e. The molecule has 0 bridgehead atoms. The van der Waals surface area contributed by atoms with Crippen molar-refractivity contribution >= 4 is 11.9 Å². The molecule has 0 heterocycles. The number of carboxylic acid groups (broad SMARTS) is 1. The van der Waals surface area contributed by atoms with Gasteiger partial charge in [-0.3, -0.25) is 0 Å². The number of esters is 1. The van der Waals surface area contributed by atoms with E-state index in [4.69, 9.17) is 14.9 Å². The van der Waals surface area contributed by atoms with Crippen LogP contribution in [-0.4, -0.2) is 34.9 Å². The molecule has 92 valence electrons. The zero-order valence-corrected chi connectivity index (χ0v) is 9.42. The lowest BCUT2D eigenvalue weighted by Gasteiger charge is -2.08. The number of rotatable bonds is 5. The lowest BCUT2D eigenvalue weighted by atomic mass is 10.1. The molecule has 5 nitrogen and oxygen atoms in total. The molecule has 1 rings (SSSR count). The quantitative estimate of drug-likeness (QED) is 0.755. The molecule has 1 aromatic rings. The van der Waals surface area contributed by atoms with Crippen LogP contribution in [-0.2, 0) is 4.74 Å². The Morgan fingerprint density at radius 1 is 1.29 bits per heavy atom. The van der Waals surface area contributed by atoms with Gasteiger partial charge in [-0.1, -0.05) is 12.1 Å². The van der Waals surface area contributed by atoms with Crippen LogP contribution in [0.1, 0.15) is 34.1 Å². The highest BCUT2D eigenvalue weighted by atomic mass is 16.5. The van der Waals surface area contributed by atoms with Gasteiger partial charge >= 0.3 is 11.9 Å². The Bertz CT molecular complexity index is 411. The highest BCUT2D eigenvalue weighted by molar-refractivity contribution is 6.02. The van der Waals surface area contributed by atoms with Crippen molar-refractivity contribution in [3.63, 3.8) is 0 Å². The smallest absolute Gasteiger partial charge is 0.339 e. The summed E-state index contributed by atoms with van der Waals surface area (Å²) in [5.74, 6) is -1.86. The van der Waals surface area contributed by atoms with Crippen molar-refractivity contribution in [2.24, 2.45) is 0 Å². The minimum atomic E-state index is -1.17. The molecule has 0 spiro atoms. The Kier molecular flexibility index (Phi) is 4.66. The van der Waals surface area contributed by atoms with Crippen molar-refractivity contribution in [1.29, 1.82) is 0 Å². The van der Waals surface area contributed by atoms with Gasteiger partial charge in [0.2, 0.25) is 0 Å². The number of carboxylic acids is 1. The van der Waals surface area contributed by atoms with Crippen molar-refractivity contribution in [2.75, 3.05) is 6.61 Å². The number of hydrogen-bond acceptors (Lipinski definition) is 4. The molecule has 0 amide bonds. The Balaban J connectivity index is 2.72. The summed E-state index contributed by atoms with van der Waals surface area (Å²) in [7, 11) is 0. The Morgan fingerprint density at radius 2 is 1.88 bits per heavy atom. The van der Waals surface area contributed by atoms with E-state index in [0.29, 0.717) is 6.42 Å². The second-order valence-electron chi connectivity index (χ2n) is 3.62. The van der Waals surface area contributed by atoms with Crippen molar-refractivity contribution in [2.45, 2.75) is 19.4 Å². The molecule has 0 unspecified atom stereocenters. The van der Waals surface area contributed by atoms with Gasteiger partial charge in [-0.05, 0) is 19.1 Å². The summed E-state index contributed by atoms with van der Waals surface area (Å²) in [6, 6.07) is 5.84. The van der Waals surface area contributed by atoms with E-state index in [-0.39, 0.29) is 17.7 Å². The van der Waals surface area contributed by atoms with Crippen LogP contribution in [0.3, 0.4) is 0 Å². The molecule has 2 N–H and O–H groups in total. The van der Waals surface area contributed by atoms with E-state index < -0.39 is 18.0 Å². The first-order valence-electron chi connectivity index (χ1n) is 5.20. The Morgan fingerprint density at radius 3 is 2.41 bits per heavy atom. The molecule has 1 atom stereocenters. The number of aromatic carboxylic acids is 1. The van der Waals surface area contributed by atoms with Crippen molar-refractivity contribution in [3.8, 4) is 0 Å². The van der Waals surface area contributed by atoms with E-state index in [0.717, 1.165) is 0 Å². The predicted octanol–water partition coefficient (Wildman–Crippen LogP) is 1.31. The molecule has 0 saturated carbocycles. The third kappa shape index (κ3) is 3.88. The molecule has 0 saturated heterocycles. The maximum Gasteiger partial charge on any atom is 0.339 e. The monoisotopic (exact) mass is 238 g/mol. The molecule has 5 heteroatoms. The van der Waals surface area contributed by atoms with E-state index in [1.54, 1.807) is 13.0 Å². The zero-order chi connectivity index (χ0) is 12.8. The van der Waals surface area contributed by atoms with Gasteiger partial charge in [-0.15, -0.1) is 0 Å². The SMILES string of the molecule is C[C@@H](O)CCOC(=O)c1ccccc1C(=O)O. The van der Waals surface area contributed by atoms with Gasteiger partial charge in [0.15, 0.2) is 0 Å². The standard InChI is InChI=1S/C12H14O5/c1-8(13)6-7-17-12(16)10-5-3-2-4-9(10)11(14)15/h2-5,8,13H,6-7H2,1H3,(H,14,15)/t8-/m1/s1. The summed E-state index contributed by atoms with van der Waals surface area (Å²) >= 11 is 0. The molecule has 0 aliphatic heterocycles. The summed E-state index contributed by atoms with van der Waals surface area (Å²) in [4.78, 5) is 22.4. The topological polar surface area (TPSA) is 83.8 Å². The first-order valence-corrected chi connectivity index (χ1v) is 5.20. The fourth-order valence-electron chi connectivity index (χ4n) is 1.25. The summed E-state index contributed by atoms with van der Waals surface area (Å²) in [6.45, 7) is 1.64. The third-order valence-corrected chi connectivity index (χ3v) is 2.15. The molecule has 0 aliphatic rings. The number of hydrogen-bond donors (Lipinski definition) is 2. The first kappa shape index (κ1) is 13.2. The molecule has 0 fully saturated rings. The van der Waals surface area contributed by atoms with Crippen LogP contribution in [0.5, 0.6) is 0 Å². The molecular formula is C12H14O5. The van der Waals surface area contributed by atoms with Gasteiger partial charge in [0.25, 0.3) is 0 Å². The lowest BCUT2D eigenvalue weighted by Crippen LogP contribution is -2.14. The summed E-state index contributed by atoms with van der Waals surface area (Å²) in [5, 5.41) is 17.9. The first-order chi connectivity index (χ1) is 8.02. The molecule has 17 heavy (non-hydrogen) atoms. The normalized spacial score (nSPS) is 11.9. The van der Waals surface area contributed by atoms with Gasteiger partial charge in [-0.2, -0.15) is 0 Å². The molecule has 0 aromatic heterocycles. The fourth-order valence-corrected chi connectivity index (χ4v) is 1.25. The van der Waals surface area contributed by atoms with Crippen LogP contribution in [0.15, 0.2) is 24.3 Å². The molecule has 1 aromatic carbocycles. The molecular weight excluding hydrogens is 224 g/mol. The van der Waals surface area contributed by atoms with Crippen LogP contribution in [0.25, 0.3) is 0 Å². The molecule has 0 aliphatic carbocycles. The van der Waals surface area contributed by atoms with E-state index in [9.17, 15) is 9.59 Å². The average Bonchev–Trinajstić information content (AvgIpc) is 2.28. The summed E-state index contributed by atoms with van der Waals surface area (Å²) in [6.07, 6.45) is -0.237. The number of carbonyl (C=O) groups excluding carboxylic acids is 1. The van der Waals surface area contributed by atoms with Crippen LogP contribution >= 0.6 is 0 Å². The van der Waals surface area contributed by atoms with Crippen LogP contribution < -0.4 is 0 Å². The number of aliphatic hydroxyl groups excluding tert-OH is 1. The second-order valence-corrected chi connectivity index (χ2v) is 3.62. The van der Waals surface area contributed by atoms with E-state index in [1.165, 1.54) is 18.2 Å². The van der Waals surface area contributed by atoms with Gasteiger partial charge in [-0.25, -0.2) is 9.59 Å². The lowest BCUT2D eigenvalue weighted by molar-refractivity contribution is 0.0436. The summed E-state index contributed by atoms with van der Waals surface area (Å²) in [5.41, 5.74) is -0.0693. The number of aliphatic hydroxyl groups is 1. The highest BCUT2D eigenvalue weighted by Gasteiger charge is 2.16. The maximum absolute atomic E-state index is 11.6. The highest BCUT2D eigenvalue weighted by Crippen LogP contribution is 2.10. The van der Waals surface area contributed by atoms with Gasteiger partial charge in [0.1, 0.15) is 0 Å². The van der Waals surface area contributed by atoms with E-state index >= 15 is 0 Å². The number of benzene rings is 1. The van der Waals surface area contributed by atoms with Gasteiger partial charge < -0.3 is 14.9 Å². The van der Waals surface area contributed by atoms with Crippen LogP contribution in [0, 0.1) is 0 Å². The zero-order valence-electron chi connectivity index (χ0n) is 9.42. The minimum absolute atomic E-state index is 0.0191. The molecule has 0 radical (unpaired) electrons. The van der Waals surface area contributed by atoms with Crippen LogP contribution in [0.2, 0.25) is 0 Å². The van der Waals surface area contributed by atoms with E-state index in [1.807, 2.05) is 0 Å². The predicted molar refractivity (Wildman–Crippen MR) is 60.0 cm³/mol. The largest absolute Gasteiger partial charge is 0.478 e. The average molecular weight is 238 g/mol. The van der Waals surface area contributed by atoms with Gasteiger partial charge in [0.05, 0.1) is 23.8 Å². The van der Waals surface area contributed by atoms with Gasteiger partial charge in [0, 0.05) is 6.42 Å². The number of carbonyl (C=O) groups is 2. The second kappa shape index (κ2) is 6.00. The van der Waals surface area contributed by atoms with Crippen LogP contribution in [0.4, 0.5) is 0 Å². The fraction of sp³-hybridized carbons (Fsp3) is 0.333. The van der Waals surface area contributed by atoms with E-state index in [2.05, 4.69) is 0 Å².